The number of anilines is 1. The van der Waals surface area contributed by atoms with Crippen LogP contribution in [0.25, 0.3) is 0 Å². The van der Waals surface area contributed by atoms with Crippen molar-refractivity contribution < 1.29 is 14.0 Å². The molecule has 1 heterocycles. The number of amides is 1. The van der Waals surface area contributed by atoms with Crippen molar-refractivity contribution in [3.8, 4) is 0 Å². The summed E-state index contributed by atoms with van der Waals surface area (Å²) in [6.45, 7) is 3.71. The number of nitrogens with zero attached hydrogens (tertiary/aromatic N) is 1. The van der Waals surface area contributed by atoms with Crippen molar-refractivity contribution in [1.29, 1.82) is 0 Å². The smallest absolute Gasteiger partial charge is 0.234 e. The van der Waals surface area contributed by atoms with Crippen LogP contribution in [0.2, 0.25) is 0 Å². The summed E-state index contributed by atoms with van der Waals surface area (Å²) in [7, 11) is 1.73. The van der Waals surface area contributed by atoms with Gasteiger partial charge in [-0.25, -0.2) is 9.38 Å². The van der Waals surface area contributed by atoms with Gasteiger partial charge >= 0.3 is 0 Å². The van der Waals surface area contributed by atoms with Crippen LogP contribution in [-0.4, -0.2) is 37.3 Å². The van der Waals surface area contributed by atoms with Gasteiger partial charge in [0.25, 0.3) is 0 Å². The fourth-order valence-electron chi connectivity index (χ4n) is 3.94. The Balaban J connectivity index is 1.94. The van der Waals surface area contributed by atoms with Gasteiger partial charge in [-0.1, -0.05) is 18.9 Å². The van der Waals surface area contributed by atoms with Gasteiger partial charge in [-0.2, -0.15) is 0 Å². The van der Waals surface area contributed by atoms with Crippen LogP contribution in [0.1, 0.15) is 45.1 Å². The third-order valence-electron chi connectivity index (χ3n) is 5.87. The molecule has 1 aromatic rings. The number of benzene rings is 1. The number of hydrogen-bond donors (Lipinski definition) is 4. The van der Waals surface area contributed by atoms with Gasteiger partial charge in [0.05, 0.1) is 28.4 Å². The number of aldehydes is 1. The maximum absolute atomic E-state index is 14.4. The van der Waals surface area contributed by atoms with Gasteiger partial charge in [0, 0.05) is 12.7 Å². The van der Waals surface area contributed by atoms with E-state index in [0.29, 0.717) is 36.2 Å². The standard InChI is InChI=1S/C23H30FN5O2/c1-23(2)16-9-8-14(12-20(16)29-22(23)31)27-21(25)15(13-30)18(10-11-26-3)28-19-7-5-4-6-17(19)24/h8-13,17,19,26,28H,4-7H2,1-3H3,(H2,25,27)(H,29,31)/b11-10-,18-15-/t17-,19?/m1/s1. The molecule has 1 fully saturated rings. The third kappa shape index (κ3) is 4.78. The summed E-state index contributed by atoms with van der Waals surface area (Å²) >= 11 is 0. The van der Waals surface area contributed by atoms with Gasteiger partial charge in [0.2, 0.25) is 5.91 Å². The highest BCUT2D eigenvalue weighted by Gasteiger charge is 2.38. The van der Waals surface area contributed by atoms with Gasteiger partial charge in [-0.05, 0) is 56.7 Å². The fourth-order valence-corrected chi connectivity index (χ4v) is 3.94. The summed E-state index contributed by atoms with van der Waals surface area (Å²) in [6.07, 6.45) is 5.90. The number of nitrogens with one attached hydrogen (secondary N) is 3. The Morgan fingerprint density at radius 1 is 1.32 bits per heavy atom. The molecule has 1 saturated carbocycles. The molecular formula is C23H30FN5O2. The molecule has 7 nitrogen and oxygen atoms in total. The van der Waals surface area contributed by atoms with Crippen LogP contribution < -0.4 is 21.7 Å². The lowest BCUT2D eigenvalue weighted by Gasteiger charge is -2.28. The highest BCUT2D eigenvalue weighted by Crippen LogP contribution is 2.39. The summed E-state index contributed by atoms with van der Waals surface area (Å²) in [5, 5.41) is 8.86. The van der Waals surface area contributed by atoms with Crippen molar-refractivity contribution in [2.24, 2.45) is 10.7 Å². The number of hydrogen-bond acceptors (Lipinski definition) is 5. The topological polar surface area (TPSA) is 109 Å². The first kappa shape index (κ1) is 22.5. The van der Waals surface area contributed by atoms with E-state index >= 15 is 0 Å². The van der Waals surface area contributed by atoms with Crippen LogP contribution in [-0.2, 0) is 15.0 Å². The SMILES string of the molecule is CN/C=C\C(NC1CCCC[C@H]1F)=C(/C=O)C(N)=Nc1ccc2c(c1)NC(=O)C2(C)C. The molecular weight excluding hydrogens is 397 g/mol. The normalized spacial score (nSPS) is 23.7. The molecule has 3 rings (SSSR count). The van der Waals surface area contributed by atoms with Crippen LogP contribution in [0.5, 0.6) is 0 Å². The Morgan fingerprint density at radius 2 is 2.06 bits per heavy atom. The fraction of sp³-hybridized carbons (Fsp3) is 0.435. The van der Waals surface area contributed by atoms with Crippen LogP contribution in [0.4, 0.5) is 15.8 Å². The zero-order valence-corrected chi connectivity index (χ0v) is 18.2. The average molecular weight is 428 g/mol. The van der Waals surface area contributed by atoms with Crippen molar-refractivity contribution in [1.82, 2.24) is 10.6 Å². The minimum atomic E-state index is -0.985. The lowest BCUT2D eigenvalue weighted by atomic mass is 9.86. The van der Waals surface area contributed by atoms with Gasteiger partial charge < -0.3 is 21.7 Å². The van der Waals surface area contributed by atoms with Gasteiger partial charge in [-0.15, -0.1) is 0 Å². The molecule has 5 N–H and O–H groups in total. The zero-order valence-electron chi connectivity index (χ0n) is 18.2. The third-order valence-corrected chi connectivity index (χ3v) is 5.87. The minimum absolute atomic E-state index is 0.00741. The average Bonchev–Trinajstić information content (AvgIpc) is 2.96. The molecule has 1 aromatic carbocycles. The van der Waals surface area contributed by atoms with Crippen LogP contribution in [0.3, 0.4) is 0 Å². The van der Waals surface area contributed by atoms with E-state index in [1.54, 1.807) is 31.5 Å². The summed E-state index contributed by atoms with van der Waals surface area (Å²) in [5.41, 5.74) is 8.19. The predicted molar refractivity (Wildman–Crippen MR) is 121 cm³/mol. The van der Waals surface area contributed by atoms with Gasteiger partial charge in [0.15, 0.2) is 6.29 Å². The summed E-state index contributed by atoms with van der Waals surface area (Å²) in [4.78, 5) is 28.5. The molecule has 1 unspecified atom stereocenters. The maximum atomic E-state index is 14.4. The van der Waals surface area contributed by atoms with Crippen molar-refractivity contribution >= 4 is 29.4 Å². The van der Waals surface area contributed by atoms with Crippen molar-refractivity contribution in [2.75, 3.05) is 12.4 Å². The molecule has 0 aromatic heterocycles. The molecule has 31 heavy (non-hydrogen) atoms. The first-order valence-corrected chi connectivity index (χ1v) is 10.5. The molecule has 1 aliphatic carbocycles. The summed E-state index contributed by atoms with van der Waals surface area (Å²) < 4.78 is 14.4. The Bertz CT molecular complexity index is 951. The van der Waals surface area contributed by atoms with E-state index in [0.717, 1.165) is 18.4 Å². The van der Waals surface area contributed by atoms with E-state index in [-0.39, 0.29) is 23.4 Å². The largest absolute Gasteiger partial charge is 0.394 e. The summed E-state index contributed by atoms with van der Waals surface area (Å²) in [5.74, 6) is -0.0740. The Morgan fingerprint density at radius 3 is 2.74 bits per heavy atom. The highest BCUT2D eigenvalue weighted by atomic mass is 19.1. The Kier molecular flexibility index (Phi) is 6.77. The Hall–Kier alpha value is -3.16. The second-order valence-corrected chi connectivity index (χ2v) is 8.42. The number of fused-ring (bicyclic) bond motifs is 1. The second kappa shape index (κ2) is 9.32. The van der Waals surface area contributed by atoms with Crippen molar-refractivity contribution in [3.05, 3.63) is 47.3 Å². The molecule has 0 bridgehead atoms. The van der Waals surface area contributed by atoms with E-state index in [4.69, 9.17) is 5.73 Å². The second-order valence-electron chi connectivity index (χ2n) is 8.42. The lowest BCUT2D eigenvalue weighted by Crippen LogP contribution is -2.40. The quantitative estimate of drug-likeness (QED) is 0.176. The van der Waals surface area contributed by atoms with Crippen LogP contribution in [0.15, 0.2) is 46.7 Å². The van der Waals surface area contributed by atoms with E-state index in [2.05, 4.69) is 20.9 Å². The molecule has 166 valence electrons. The van der Waals surface area contributed by atoms with E-state index in [9.17, 15) is 14.0 Å². The van der Waals surface area contributed by atoms with Gasteiger partial charge in [0.1, 0.15) is 12.0 Å². The first-order valence-electron chi connectivity index (χ1n) is 10.5. The lowest BCUT2D eigenvalue weighted by molar-refractivity contribution is -0.119. The molecule has 2 aliphatic rings. The molecule has 0 radical (unpaired) electrons. The summed E-state index contributed by atoms with van der Waals surface area (Å²) in [6, 6.07) is 4.93. The molecule has 1 amide bonds. The number of nitrogens with two attached hydrogens (primary N) is 1. The molecule has 1 aliphatic heterocycles. The highest BCUT2D eigenvalue weighted by molar-refractivity contribution is 6.14. The van der Waals surface area contributed by atoms with E-state index in [1.165, 1.54) is 0 Å². The number of rotatable bonds is 7. The number of alkyl halides is 1. The monoisotopic (exact) mass is 427 g/mol. The van der Waals surface area contributed by atoms with E-state index in [1.807, 2.05) is 19.9 Å². The number of carbonyl (C=O) groups is 2. The molecule has 0 saturated heterocycles. The van der Waals surface area contributed by atoms with Crippen LogP contribution >= 0.6 is 0 Å². The number of allylic oxidation sites excluding steroid dienone is 1. The number of aliphatic imine (C=N–C) groups is 1. The minimum Gasteiger partial charge on any atom is -0.394 e. The number of halogens is 1. The van der Waals surface area contributed by atoms with Crippen molar-refractivity contribution in [3.63, 3.8) is 0 Å². The molecule has 8 heteroatoms. The van der Waals surface area contributed by atoms with E-state index < -0.39 is 11.6 Å². The number of carbonyl (C=O) groups excluding carboxylic acids is 2. The van der Waals surface area contributed by atoms with Crippen molar-refractivity contribution in [2.45, 2.75) is 57.2 Å². The zero-order chi connectivity index (χ0) is 22.6. The van der Waals surface area contributed by atoms with Gasteiger partial charge in [-0.3, -0.25) is 9.59 Å². The molecule has 0 spiro atoms. The number of amidine groups is 1. The predicted octanol–water partition coefficient (Wildman–Crippen LogP) is 2.96. The Labute approximate surface area is 182 Å². The maximum Gasteiger partial charge on any atom is 0.234 e. The molecule has 2 atom stereocenters. The van der Waals surface area contributed by atoms with Crippen LogP contribution in [0, 0.1) is 0 Å². The first-order chi connectivity index (χ1) is 14.8.